The molecule has 0 atom stereocenters. The van der Waals surface area contributed by atoms with Crippen molar-refractivity contribution in [3.63, 3.8) is 0 Å². The Morgan fingerprint density at radius 2 is 1.75 bits per heavy atom. The third-order valence-electron chi connectivity index (χ3n) is 0.894. The molecule has 0 aliphatic heterocycles. The molecule has 0 saturated heterocycles. The van der Waals surface area contributed by atoms with Gasteiger partial charge in [-0.1, -0.05) is 13.8 Å². The lowest BCUT2D eigenvalue weighted by Gasteiger charge is -2.15. The SMILES string of the molecule is CC(C)CC(C)(C)[18F]. The van der Waals surface area contributed by atoms with Crippen LogP contribution in [0.3, 0.4) is 0 Å². The van der Waals surface area contributed by atoms with E-state index in [0.717, 1.165) is 0 Å². The molecule has 0 saturated carbocycles. The van der Waals surface area contributed by atoms with Crippen LogP contribution in [0.15, 0.2) is 0 Å². The predicted molar refractivity (Wildman–Crippen MR) is 34.6 cm³/mol. The highest BCUT2D eigenvalue weighted by Crippen LogP contribution is 2.18. The summed E-state index contributed by atoms with van der Waals surface area (Å²) in [6.45, 7) is 7.29. The fraction of sp³-hybridized carbons (Fsp3) is 1.00. The van der Waals surface area contributed by atoms with Gasteiger partial charge in [0.2, 0.25) is 0 Å². The van der Waals surface area contributed by atoms with Crippen molar-refractivity contribution in [3.8, 4) is 0 Å². The fourth-order valence-corrected chi connectivity index (χ4v) is 0.971. The summed E-state index contributed by atoms with van der Waals surface area (Å²) in [5.41, 5.74) is -0.978. The van der Waals surface area contributed by atoms with Gasteiger partial charge in [0.05, 0.1) is 0 Å². The molecule has 0 aromatic rings. The third kappa shape index (κ3) is 5.93. The number of hydrogen-bond acceptors (Lipinski definition) is 0. The van der Waals surface area contributed by atoms with Gasteiger partial charge in [0.15, 0.2) is 0 Å². The average Bonchev–Trinajstić information content (AvgIpc) is 1.21. The van der Waals surface area contributed by atoms with Crippen molar-refractivity contribution in [2.75, 3.05) is 0 Å². The lowest BCUT2D eigenvalue weighted by atomic mass is 9.98. The van der Waals surface area contributed by atoms with Crippen LogP contribution >= 0.6 is 0 Å². The van der Waals surface area contributed by atoms with Gasteiger partial charge in [-0.05, 0) is 26.2 Å². The van der Waals surface area contributed by atoms with Crippen LogP contribution in [0.25, 0.3) is 0 Å². The standard InChI is InChI=1S/C7H15F/c1-6(2)5-7(3,4)8/h6H,5H2,1-4H3/i8-1. The second kappa shape index (κ2) is 2.47. The van der Waals surface area contributed by atoms with Gasteiger partial charge in [-0.25, -0.2) is 4.39 Å². The van der Waals surface area contributed by atoms with E-state index in [2.05, 4.69) is 0 Å². The summed E-state index contributed by atoms with van der Waals surface area (Å²) in [5.74, 6) is 0.468. The van der Waals surface area contributed by atoms with Gasteiger partial charge in [0.25, 0.3) is 0 Å². The Bertz CT molecular complexity index is 59.3. The van der Waals surface area contributed by atoms with Gasteiger partial charge in [-0.2, -0.15) is 0 Å². The number of hydrogen-bond donors (Lipinski definition) is 0. The smallest absolute Gasteiger partial charge is 0.105 e. The highest BCUT2D eigenvalue weighted by atomic mass is 18.2. The van der Waals surface area contributed by atoms with Crippen LogP contribution in [0.5, 0.6) is 0 Å². The first-order valence-corrected chi connectivity index (χ1v) is 3.11. The molecule has 0 amide bonds. The van der Waals surface area contributed by atoms with E-state index in [0.29, 0.717) is 12.3 Å². The molecule has 0 radical (unpaired) electrons. The maximum Gasteiger partial charge on any atom is 0.105 e. The minimum absolute atomic E-state index is 0.468. The van der Waals surface area contributed by atoms with E-state index in [1.54, 1.807) is 13.8 Å². The molecule has 50 valence electrons. The van der Waals surface area contributed by atoms with E-state index >= 15 is 0 Å². The minimum atomic E-state index is -0.978. The molecule has 0 aliphatic carbocycles. The molecule has 0 nitrogen and oxygen atoms in total. The molecule has 0 aromatic carbocycles. The van der Waals surface area contributed by atoms with Crippen molar-refractivity contribution in [2.45, 2.75) is 39.8 Å². The second-order valence-electron chi connectivity index (χ2n) is 3.32. The quantitative estimate of drug-likeness (QED) is 0.521. The third-order valence-corrected chi connectivity index (χ3v) is 0.894. The Kier molecular flexibility index (Phi) is 2.45. The van der Waals surface area contributed by atoms with Crippen LogP contribution in [0.2, 0.25) is 0 Å². The summed E-state index contributed by atoms with van der Waals surface area (Å²) in [7, 11) is 0. The molecular formula is C7H15F. The second-order valence-corrected chi connectivity index (χ2v) is 3.32. The molecule has 0 unspecified atom stereocenters. The highest BCUT2D eigenvalue weighted by Gasteiger charge is 2.16. The molecule has 1 heteroatoms. The fourth-order valence-electron chi connectivity index (χ4n) is 0.971. The maximum atomic E-state index is 12.6. The van der Waals surface area contributed by atoms with Gasteiger partial charge >= 0.3 is 0 Å². The Balaban J connectivity index is 3.39. The van der Waals surface area contributed by atoms with E-state index in [9.17, 15) is 4.39 Å². The Morgan fingerprint density at radius 1 is 1.38 bits per heavy atom. The Labute approximate surface area is 51.1 Å². The van der Waals surface area contributed by atoms with Crippen molar-refractivity contribution < 1.29 is 4.39 Å². The van der Waals surface area contributed by atoms with Crippen molar-refractivity contribution >= 4 is 0 Å². The Hall–Kier alpha value is -0.0700. The summed E-state index contributed by atoms with van der Waals surface area (Å²) in [4.78, 5) is 0. The van der Waals surface area contributed by atoms with Crippen LogP contribution in [0.4, 0.5) is 4.39 Å². The van der Waals surface area contributed by atoms with Gasteiger partial charge < -0.3 is 0 Å². The topological polar surface area (TPSA) is 0 Å². The normalized spacial score (nSPS) is 12.8. The molecule has 0 aliphatic rings. The highest BCUT2D eigenvalue weighted by molar-refractivity contribution is 4.66. The van der Waals surface area contributed by atoms with E-state index in [-0.39, 0.29) is 0 Å². The van der Waals surface area contributed by atoms with Crippen LogP contribution in [-0.4, -0.2) is 5.67 Å². The summed E-state index contributed by atoms with van der Waals surface area (Å²) in [5, 5.41) is 0. The van der Waals surface area contributed by atoms with Gasteiger partial charge in [-0.15, -0.1) is 0 Å². The van der Waals surface area contributed by atoms with Crippen molar-refractivity contribution in [1.82, 2.24) is 0 Å². The first kappa shape index (κ1) is 7.93. The Morgan fingerprint density at radius 3 is 1.75 bits per heavy atom. The van der Waals surface area contributed by atoms with Gasteiger partial charge in [0.1, 0.15) is 5.67 Å². The number of halogens is 1. The predicted octanol–water partition coefficient (Wildman–Crippen LogP) is 2.78. The molecular weight excluding hydrogens is 102 g/mol. The zero-order valence-electron chi connectivity index (χ0n) is 6.16. The average molecular weight is 117 g/mol. The molecule has 0 heterocycles. The summed E-state index contributed by atoms with van der Waals surface area (Å²) in [6, 6.07) is 0. The summed E-state index contributed by atoms with van der Waals surface area (Å²) >= 11 is 0. The molecule has 0 fully saturated rings. The van der Waals surface area contributed by atoms with E-state index in [4.69, 9.17) is 0 Å². The van der Waals surface area contributed by atoms with Gasteiger partial charge in [0, 0.05) is 0 Å². The van der Waals surface area contributed by atoms with Crippen molar-refractivity contribution in [1.29, 1.82) is 0 Å². The van der Waals surface area contributed by atoms with Crippen LogP contribution in [-0.2, 0) is 0 Å². The molecule has 0 rings (SSSR count). The van der Waals surface area contributed by atoms with Crippen molar-refractivity contribution in [3.05, 3.63) is 0 Å². The first-order valence-electron chi connectivity index (χ1n) is 3.11. The van der Waals surface area contributed by atoms with Gasteiger partial charge in [-0.3, -0.25) is 0 Å². The lowest BCUT2D eigenvalue weighted by molar-refractivity contribution is 0.178. The lowest BCUT2D eigenvalue weighted by Crippen LogP contribution is -2.14. The minimum Gasteiger partial charge on any atom is -0.244 e. The van der Waals surface area contributed by atoms with Crippen LogP contribution in [0.1, 0.15) is 34.1 Å². The first-order chi connectivity index (χ1) is 3.42. The zero-order valence-corrected chi connectivity index (χ0v) is 6.16. The van der Waals surface area contributed by atoms with E-state index in [1.807, 2.05) is 13.8 Å². The molecule has 0 aromatic heterocycles. The van der Waals surface area contributed by atoms with E-state index in [1.165, 1.54) is 0 Å². The molecule has 0 spiro atoms. The monoisotopic (exact) mass is 117 g/mol. The van der Waals surface area contributed by atoms with Crippen LogP contribution in [0, 0.1) is 5.92 Å². The molecule has 0 bridgehead atoms. The molecule has 8 heavy (non-hydrogen) atoms. The van der Waals surface area contributed by atoms with Crippen LogP contribution < -0.4 is 0 Å². The number of alkyl halides is 1. The summed E-state index contributed by atoms with van der Waals surface area (Å²) in [6.07, 6.45) is 0.660. The zero-order chi connectivity index (χ0) is 6.78. The maximum absolute atomic E-state index is 12.6. The molecule has 0 N–H and O–H groups in total. The number of rotatable bonds is 2. The van der Waals surface area contributed by atoms with E-state index < -0.39 is 5.67 Å². The largest absolute Gasteiger partial charge is 0.244 e. The van der Waals surface area contributed by atoms with Crippen molar-refractivity contribution in [2.24, 2.45) is 5.92 Å². The summed E-state index contributed by atoms with van der Waals surface area (Å²) < 4.78 is 12.6.